The molecule has 2 aromatic rings. The molecule has 0 saturated carbocycles. The Morgan fingerprint density at radius 3 is 2.50 bits per heavy atom. The lowest BCUT2D eigenvalue weighted by molar-refractivity contribution is 0.651. The van der Waals surface area contributed by atoms with Crippen molar-refractivity contribution in [2.45, 2.75) is 38.5 Å². The highest BCUT2D eigenvalue weighted by Crippen LogP contribution is 2.20. The first-order chi connectivity index (χ1) is 8.92. The van der Waals surface area contributed by atoms with Crippen LogP contribution in [-0.4, -0.2) is 0 Å². The second-order valence-corrected chi connectivity index (χ2v) is 4.73. The standard InChI is InChI=1S/C18H19/c1-2-3-4-5-6-7-11-16-13-10-14-17-12-8-9-15-18(16)17/h8-10,12-15H,3-7,11H2. The number of hydrogen-bond acceptors (Lipinski definition) is 0. The zero-order chi connectivity index (χ0) is 12.6. The summed E-state index contributed by atoms with van der Waals surface area (Å²) in [6.07, 6.45) is 13.7. The molecule has 18 heavy (non-hydrogen) atoms. The molecule has 2 rings (SSSR count). The van der Waals surface area contributed by atoms with Crippen LogP contribution in [0.4, 0.5) is 0 Å². The van der Waals surface area contributed by atoms with E-state index in [4.69, 9.17) is 6.42 Å². The van der Waals surface area contributed by atoms with Crippen molar-refractivity contribution in [1.82, 2.24) is 0 Å². The van der Waals surface area contributed by atoms with Crippen molar-refractivity contribution in [2.24, 2.45) is 0 Å². The fraction of sp³-hybridized carbons (Fsp3) is 0.333. The van der Waals surface area contributed by atoms with Gasteiger partial charge in [0.1, 0.15) is 0 Å². The lowest BCUT2D eigenvalue weighted by atomic mass is 9.99. The number of hydrogen-bond donors (Lipinski definition) is 0. The van der Waals surface area contributed by atoms with E-state index in [1.807, 2.05) is 0 Å². The third-order valence-corrected chi connectivity index (χ3v) is 3.38. The van der Waals surface area contributed by atoms with Crippen LogP contribution in [0.3, 0.4) is 0 Å². The van der Waals surface area contributed by atoms with Gasteiger partial charge in [0, 0.05) is 6.42 Å². The molecule has 0 nitrogen and oxygen atoms in total. The fourth-order valence-electron chi connectivity index (χ4n) is 2.39. The van der Waals surface area contributed by atoms with Crippen LogP contribution in [0.2, 0.25) is 0 Å². The van der Waals surface area contributed by atoms with Gasteiger partial charge < -0.3 is 0 Å². The number of fused-ring (bicyclic) bond motifs is 1. The Kier molecular flexibility index (Phi) is 4.85. The van der Waals surface area contributed by atoms with Gasteiger partial charge in [-0.2, -0.15) is 0 Å². The first kappa shape index (κ1) is 12.7. The summed E-state index contributed by atoms with van der Waals surface area (Å²) >= 11 is 0. The molecule has 0 spiro atoms. The predicted octanol–water partition coefficient (Wildman–Crippen LogP) is 4.92. The molecule has 0 bridgehead atoms. The minimum Gasteiger partial charge on any atom is -0.0891 e. The maximum absolute atomic E-state index is 6.86. The van der Waals surface area contributed by atoms with Gasteiger partial charge in [0.05, 0.1) is 0 Å². The maximum Gasteiger partial charge on any atom is 0.00989 e. The van der Waals surface area contributed by atoms with Gasteiger partial charge in [-0.05, 0) is 42.0 Å². The van der Waals surface area contributed by atoms with E-state index in [1.54, 1.807) is 0 Å². The summed E-state index contributed by atoms with van der Waals surface area (Å²) in [6.45, 7) is 0. The highest BCUT2D eigenvalue weighted by molar-refractivity contribution is 5.85. The average Bonchev–Trinajstić information content (AvgIpc) is 2.43. The third-order valence-electron chi connectivity index (χ3n) is 3.38. The predicted molar refractivity (Wildman–Crippen MR) is 77.9 cm³/mol. The number of aryl methyl sites for hydroxylation is 1. The van der Waals surface area contributed by atoms with E-state index in [-0.39, 0.29) is 0 Å². The first-order valence-corrected chi connectivity index (χ1v) is 6.78. The van der Waals surface area contributed by atoms with E-state index in [1.165, 1.54) is 35.6 Å². The summed E-state index contributed by atoms with van der Waals surface area (Å²) in [7, 11) is 0. The zero-order valence-corrected chi connectivity index (χ0v) is 10.8. The molecule has 0 heteroatoms. The van der Waals surface area contributed by atoms with E-state index in [0.29, 0.717) is 0 Å². The van der Waals surface area contributed by atoms with E-state index in [9.17, 15) is 0 Å². The Balaban J connectivity index is 1.90. The average molecular weight is 235 g/mol. The van der Waals surface area contributed by atoms with E-state index in [0.717, 1.165) is 19.3 Å². The summed E-state index contributed by atoms with van der Waals surface area (Å²) in [5.74, 6) is 2.45. The molecular formula is C18H19. The minimum atomic E-state index is 0.814. The van der Waals surface area contributed by atoms with E-state index >= 15 is 0 Å². The van der Waals surface area contributed by atoms with Crippen molar-refractivity contribution in [2.75, 3.05) is 0 Å². The largest absolute Gasteiger partial charge is 0.0891 e. The summed E-state index contributed by atoms with van der Waals surface area (Å²) in [5, 5.41) is 2.74. The molecule has 2 aromatic carbocycles. The van der Waals surface area contributed by atoms with Crippen molar-refractivity contribution >= 4 is 10.8 Å². The molecule has 0 N–H and O–H groups in total. The second kappa shape index (κ2) is 6.87. The summed E-state index contributed by atoms with van der Waals surface area (Å²) < 4.78 is 0. The van der Waals surface area contributed by atoms with E-state index < -0.39 is 0 Å². The number of unbranched alkanes of at least 4 members (excludes halogenated alkanes) is 4. The summed E-state index contributed by atoms with van der Waals surface area (Å²) in [5.41, 5.74) is 1.46. The molecule has 0 aromatic heterocycles. The highest BCUT2D eigenvalue weighted by Gasteiger charge is 1.99. The molecule has 0 aliphatic carbocycles. The molecular weight excluding hydrogens is 216 g/mol. The summed E-state index contributed by atoms with van der Waals surface area (Å²) in [4.78, 5) is 0. The number of benzene rings is 2. The van der Waals surface area contributed by atoms with Gasteiger partial charge in [0.25, 0.3) is 0 Å². The summed E-state index contributed by atoms with van der Waals surface area (Å²) in [6, 6.07) is 15.2. The SMILES string of the molecule is [C]#CCCCCCCc1cccc2ccccc12. The van der Waals surface area contributed by atoms with Crippen molar-refractivity contribution in [1.29, 1.82) is 0 Å². The third kappa shape index (κ3) is 3.37. The molecule has 0 aliphatic heterocycles. The normalized spacial score (nSPS) is 10.4. The monoisotopic (exact) mass is 235 g/mol. The lowest BCUT2D eigenvalue weighted by Gasteiger charge is -2.06. The smallest absolute Gasteiger partial charge is 0.00989 e. The topological polar surface area (TPSA) is 0 Å². The molecule has 0 saturated heterocycles. The van der Waals surface area contributed by atoms with Crippen LogP contribution in [0.15, 0.2) is 42.5 Å². The molecule has 1 radical (unpaired) electrons. The van der Waals surface area contributed by atoms with Gasteiger partial charge >= 0.3 is 0 Å². The van der Waals surface area contributed by atoms with Crippen LogP contribution in [-0.2, 0) is 6.42 Å². The van der Waals surface area contributed by atoms with Crippen molar-refractivity contribution in [3.05, 3.63) is 54.5 Å². The Labute approximate surface area is 110 Å². The Morgan fingerprint density at radius 1 is 0.833 bits per heavy atom. The maximum atomic E-state index is 6.86. The quantitative estimate of drug-likeness (QED) is 0.492. The van der Waals surface area contributed by atoms with Gasteiger partial charge in [-0.25, -0.2) is 0 Å². The molecule has 0 fully saturated rings. The van der Waals surface area contributed by atoms with Crippen molar-refractivity contribution in [3.63, 3.8) is 0 Å². The minimum absolute atomic E-state index is 0.814. The molecule has 0 heterocycles. The van der Waals surface area contributed by atoms with Crippen LogP contribution < -0.4 is 0 Å². The van der Waals surface area contributed by atoms with Gasteiger partial charge in [-0.1, -0.05) is 61.2 Å². The molecule has 0 atom stereocenters. The van der Waals surface area contributed by atoms with Crippen molar-refractivity contribution in [3.8, 4) is 5.92 Å². The fourth-order valence-corrected chi connectivity index (χ4v) is 2.39. The van der Waals surface area contributed by atoms with Crippen LogP contribution in [0, 0.1) is 12.3 Å². The Hall–Kier alpha value is -1.74. The van der Waals surface area contributed by atoms with Gasteiger partial charge in [0.15, 0.2) is 0 Å². The van der Waals surface area contributed by atoms with Gasteiger partial charge in [-0.15, -0.1) is 0 Å². The van der Waals surface area contributed by atoms with Gasteiger partial charge in [-0.3, -0.25) is 0 Å². The van der Waals surface area contributed by atoms with Gasteiger partial charge in [0.2, 0.25) is 0 Å². The zero-order valence-electron chi connectivity index (χ0n) is 10.8. The molecule has 0 amide bonds. The Bertz CT molecular complexity index is 526. The lowest BCUT2D eigenvalue weighted by Crippen LogP contribution is -1.88. The molecule has 0 unspecified atom stereocenters. The highest BCUT2D eigenvalue weighted by atomic mass is 14.0. The van der Waals surface area contributed by atoms with Crippen LogP contribution in [0.5, 0.6) is 0 Å². The number of rotatable bonds is 6. The first-order valence-electron chi connectivity index (χ1n) is 6.78. The van der Waals surface area contributed by atoms with Crippen LogP contribution in [0.1, 0.15) is 37.7 Å². The van der Waals surface area contributed by atoms with Crippen LogP contribution >= 0.6 is 0 Å². The van der Waals surface area contributed by atoms with Crippen LogP contribution in [0.25, 0.3) is 10.8 Å². The second-order valence-electron chi connectivity index (χ2n) is 4.73. The van der Waals surface area contributed by atoms with E-state index in [2.05, 4.69) is 48.4 Å². The molecule has 0 aliphatic rings. The Morgan fingerprint density at radius 2 is 1.61 bits per heavy atom. The molecule has 91 valence electrons. The van der Waals surface area contributed by atoms with Crippen molar-refractivity contribution < 1.29 is 0 Å².